The van der Waals surface area contributed by atoms with Crippen molar-refractivity contribution in [3.05, 3.63) is 23.3 Å². The van der Waals surface area contributed by atoms with Gasteiger partial charge in [0.05, 0.1) is 0 Å². The molecule has 0 saturated heterocycles. The van der Waals surface area contributed by atoms with E-state index in [2.05, 4.69) is 41.5 Å². The van der Waals surface area contributed by atoms with Crippen LogP contribution in [0, 0.1) is 35.5 Å². The predicted molar refractivity (Wildman–Crippen MR) is 128 cm³/mol. The third-order valence-corrected chi connectivity index (χ3v) is 8.10. The topological polar surface area (TPSA) is 52.6 Å². The lowest BCUT2D eigenvalue weighted by Crippen LogP contribution is -2.36. The summed E-state index contributed by atoms with van der Waals surface area (Å²) in [7, 11) is 0. The molecule has 32 heavy (non-hydrogen) atoms. The first kappa shape index (κ1) is 25.1. The molecule has 0 N–H and O–H groups in total. The van der Waals surface area contributed by atoms with Gasteiger partial charge in [-0.1, -0.05) is 66.5 Å². The van der Waals surface area contributed by atoms with Gasteiger partial charge in [0.2, 0.25) is 0 Å². The van der Waals surface area contributed by atoms with E-state index in [-0.39, 0.29) is 24.1 Å². The van der Waals surface area contributed by atoms with E-state index >= 15 is 0 Å². The molecular weight excluding hydrogens is 400 g/mol. The highest BCUT2D eigenvalue weighted by atomic mass is 16.5. The molecule has 2 saturated carbocycles. The van der Waals surface area contributed by atoms with E-state index in [0.29, 0.717) is 59.5 Å². The molecule has 0 aromatic carbocycles. The monoisotopic (exact) mass is 444 g/mol. The summed E-state index contributed by atoms with van der Waals surface area (Å²) in [5.74, 6) is 2.68. The van der Waals surface area contributed by atoms with Gasteiger partial charge in [-0.3, -0.25) is 0 Å². The molecule has 0 aromatic rings. The SMILES string of the molecule is CC(C)[C@H]1CC[C@@H](C)C[C@H]1OC(=O)C1=CCC(C(=O)O[C@@H]2C[C@@H](C)CC[C@@H]2C(C)C)=CC1. The first-order valence-corrected chi connectivity index (χ1v) is 13.0. The van der Waals surface area contributed by atoms with Crippen LogP contribution in [0.25, 0.3) is 0 Å². The summed E-state index contributed by atoms with van der Waals surface area (Å²) in [6.45, 7) is 13.4. The molecule has 0 amide bonds. The van der Waals surface area contributed by atoms with E-state index in [0.717, 1.165) is 25.7 Å². The molecule has 0 aromatic heterocycles. The van der Waals surface area contributed by atoms with Gasteiger partial charge in [-0.05, 0) is 74.0 Å². The molecule has 4 nitrogen and oxygen atoms in total. The molecular formula is C28H44O4. The molecule has 0 radical (unpaired) electrons. The second-order valence-electron chi connectivity index (χ2n) is 11.4. The average Bonchev–Trinajstić information content (AvgIpc) is 2.73. The van der Waals surface area contributed by atoms with Crippen molar-refractivity contribution in [2.24, 2.45) is 35.5 Å². The van der Waals surface area contributed by atoms with E-state index < -0.39 is 0 Å². The summed E-state index contributed by atoms with van der Waals surface area (Å²) < 4.78 is 12.0. The Balaban J connectivity index is 1.55. The van der Waals surface area contributed by atoms with Crippen LogP contribution < -0.4 is 0 Å². The third kappa shape index (κ3) is 6.26. The van der Waals surface area contributed by atoms with Gasteiger partial charge in [0, 0.05) is 11.1 Å². The molecule has 4 heteroatoms. The average molecular weight is 445 g/mol. The Morgan fingerprint density at radius 2 is 1.09 bits per heavy atom. The number of hydrogen-bond acceptors (Lipinski definition) is 4. The van der Waals surface area contributed by atoms with Gasteiger partial charge in [-0.2, -0.15) is 0 Å². The quantitative estimate of drug-likeness (QED) is 0.431. The van der Waals surface area contributed by atoms with E-state index in [1.807, 2.05) is 12.2 Å². The Bertz CT molecular complexity index is 670. The molecule has 3 rings (SSSR count). The summed E-state index contributed by atoms with van der Waals surface area (Å²) in [5.41, 5.74) is 1.35. The Kier molecular flexibility index (Phi) is 8.63. The van der Waals surface area contributed by atoms with Gasteiger partial charge in [0.15, 0.2) is 0 Å². The molecule has 0 bridgehead atoms. The number of hydrogen-bond donors (Lipinski definition) is 0. The maximum absolute atomic E-state index is 12.9. The van der Waals surface area contributed by atoms with E-state index in [4.69, 9.17) is 9.47 Å². The summed E-state index contributed by atoms with van der Waals surface area (Å²) in [6.07, 6.45) is 11.2. The minimum absolute atomic E-state index is 0.00347. The molecule has 180 valence electrons. The number of esters is 2. The third-order valence-electron chi connectivity index (χ3n) is 8.10. The lowest BCUT2D eigenvalue weighted by molar-refractivity contribution is -0.152. The van der Waals surface area contributed by atoms with Gasteiger partial charge < -0.3 is 9.47 Å². The first-order chi connectivity index (χ1) is 15.2. The maximum Gasteiger partial charge on any atom is 0.334 e. The Morgan fingerprint density at radius 1 is 0.719 bits per heavy atom. The highest BCUT2D eigenvalue weighted by Crippen LogP contribution is 2.37. The second-order valence-corrected chi connectivity index (χ2v) is 11.4. The zero-order valence-corrected chi connectivity index (χ0v) is 21.1. The molecule has 6 atom stereocenters. The first-order valence-electron chi connectivity index (χ1n) is 13.0. The molecule has 0 heterocycles. The van der Waals surface area contributed by atoms with Crippen molar-refractivity contribution >= 4 is 11.9 Å². The van der Waals surface area contributed by atoms with Crippen LogP contribution in [0.1, 0.15) is 92.9 Å². The van der Waals surface area contributed by atoms with Crippen LogP contribution in [0.3, 0.4) is 0 Å². The summed E-state index contributed by atoms with van der Waals surface area (Å²) in [6, 6.07) is 0. The highest BCUT2D eigenvalue weighted by molar-refractivity contribution is 5.93. The van der Waals surface area contributed by atoms with Crippen molar-refractivity contribution < 1.29 is 19.1 Å². The summed E-state index contributed by atoms with van der Waals surface area (Å²) >= 11 is 0. The lowest BCUT2D eigenvalue weighted by Gasteiger charge is -2.37. The van der Waals surface area contributed by atoms with Crippen LogP contribution >= 0.6 is 0 Å². The normalized spacial score (nSPS) is 33.5. The van der Waals surface area contributed by atoms with Crippen molar-refractivity contribution in [2.75, 3.05) is 0 Å². The van der Waals surface area contributed by atoms with Crippen molar-refractivity contribution in [3.8, 4) is 0 Å². The van der Waals surface area contributed by atoms with Gasteiger partial charge in [0.1, 0.15) is 12.2 Å². The maximum atomic E-state index is 12.9. The summed E-state index contributed by atoms with van der Waals surface area (Å²) in [5, 5.41) is 0. The standard InChI is InChI=1S/C28H44O4/c1-17(2)23-13-7-19(5)15-25(23)31-27(29)21-9-11-22(12-10-21)28(30)32-26-16-20(6)8-14-24(26)18(3)4/h9,12,17-20,23-26H,7-8,10-11,13-16H2,1-6H3/t19-,20+,23-,24-,25-,26-/m1/s1. The zero-order chi connectivity index (χ0) is 23.4. The van der Waals surface area contributed by atoms with Crippen LogP contribution in [0.5, 0.6) is 0 Å². The van der Waals surface area contributed by atoms with Crippen molar-refractivity contribution in [1.82, 2.24) is 0 Å². The number of carbonyl (C=O) groups is 2. The zero-order valence-electron chi connectivity index (χ0n) is 21.1. The van der Waals surface area contributed by atoms with Crippen LogP contribution in [0.2, 0.25) is 0 Å². The fourth-order valence-electron chi connectivity index (χ4n) is 5.89. The van der Waals surface area contributed by atoms with Gasteiger partial charge in [-0.15, -0.1) is 0 Å². The van der Waals surface area contributed by atoms with Crippen LogP contribution in [-0.2, 0) is 19.1 Å². The van der Waals surface area contributed by atoms with E-state index in [1.165, 1.54) is 12.8 Å². The smallest absolute Gasteiger partial charge is 0.334 e. The van der Waals surface area contributed by atoms with Crippen molar-refractivity contribution in [3.63, 3.8) is 0 Å². The molecule has 0 aliphatic heterocycles. The molecule has 3 aliphatic rings. The minimum atomic E-state index is -0.209. The Morgan fingerprint density at radius 3 is 1.41 bits per heavy atom. The molecule has 0 spiro atoms. The van der Waals surface area contributed by atoms with Crippen LogP contribution in [0.4, 0.5) is 0 Å². The summed E-state index contributed by atoms with van der Waals surface area (Å²) in [4.78, 5) is 25.7. The largest absolute Gasteiger partial charge is 0.459 e. The number of ether oxygens (including phenoxy) is 2. The van der Waals surface area contributed by atoms with Gasteiger partial charge in [-0.25, -0.2) is 9.59 Å². The van der Waals surface area contributed by atoms with Crippen LogP contribution in [0.15, 0.2) is 23.3 Å². The van der Waals surface area contributed by atoms with E-state index in [9.17, 15) is 9.59 Å². The Labute approximate surface area is 195 Å². The minimum Gasteiger partial charge on any atom is -0.459 e. The molecule has 2 fully saturated rings. The van der Waals surface area contributed by atoms with Gasteiger partial charge in [0.25, 0.3) is 0 Å². The fraction of sp³-hybridized carbons (Fsp3) is 0.786. The number of carbonyl (C=O) groups excluding carboxylic acids is 2. The Hall–Kier alpha value is -1.58. The second kappa shape index (κ2) is 11.0. The predicted octanol–water partition coefficient (Wildman–Crippen LogP) is 6.64. The van der Waals surface area contributed by atoms with Gasteiger partial charge >= 0.3 is 11.9 Å². The lowest BCUT2D eigenvalue weighted by atomic mass is 9.75. The molecule has 3 aliphatic carbocycles. The van der Waals surface area contributed by atoms with Crippen LogP contribution in [-0.4, -0.2) is 24.1 Å². The van der Waals surface area contributed by atoms with Crippen molar-refractivity contribution in [1.29, 1.82) is 0 Å². The van der Waals surface area contributed by atoms with E-state index in [1.54, 1.807) is 0 Å². The number of allylic oxidation sites excluding steroid dienone is 2. The number of rotatable bonds is 6. The fourth-order valence-corrected chi connectivity index (χ4v) is 5.89. The highest BCUT2D eigenvalue weighted by Gasteiger charge is 2.35. The molecule has 0 unspecified atom stereocenters. The van der Waals surface area contributed by atoms with Crippen molar-refractivity contribution in [2.45, 2.75) is 105 Å².